The van der Waals surface area contributed by atoms with Crippen LogP contribution in [0.25, 0.3) is 0 Å². The van der Waals surface area contributed by atoms with Crippen LogP contribution >= 0.6 is 23.2 Å². The monoisotopic (exact) mass is 158 g/mol. The summed E-state index contributed by atoms with van der Waals surface area (Å²) in [4.78, 5) is -0.353. The lowest BCUT2D eigenvalue weighted by atomic mass is 10.8. The van der Waals surface area contributed by atoms with Crippen LogP contribution in [0.3, 0.4) is 0 Å². The second-order valence-corrected chi connectivity index (χ2v) is 2.90. The van der Waals surface area contributed by atoms with Gasteiger partial charge in [0.2, 0.25) is 0 Å². The van der Waals surface area contributed by atoms with Crippen molar-refractivity contribution >= 4 is 33.4 Å². The van der Waals surface area contributed by atoms with E-state index in [9.17, 15) is 0 Å². The van der Waals surface area contributed by atoms with Crippen LogP contribution in [0.5, 0.6) is 0 Å². The normalized spacial score (nSPS) is 10.7. The molecule has 0 aromatic rings. The molecule has 7 heavy (non-hydrogen) atoms. The third-order valence-electron chi connectivity index (χ3n) is 0.448. The second-order valence-electron chi connectivity index (χ2n) is 1.05. The Morgan fingerprint density at radius 2 is 2.14 bits per heavy atom. The summed E-state index contributed by atoms with van der Waals surface area (Å²) in [6.45, 7) is 0.465. The molecule has 0 saturated carbocycles. The summed E-state index contributed by atoms with van der Waals surface area (Å²) in [5.41, 5.74) is 0. The lowest BCUT2D eigenvalue weighted by molar-refractivity contribution is 0.191. The van der Waals surface area contributed by atoms with Crippen molar-refractivity contribution < 1.29 is 4.74 Å². The lowest BCUT2D eigenvalue weighted by Gasteiger charge is -1.97. The summed E-state index contributed by atoms with van der Waals surface area (Å²) in [6, 6.07) is 0. The number of halogens is 2. The Morgan fingerprint density at radius 1 is 1.57 bits per heavy atom. The van der Waals surface area contributed by atoms with E-state index >= 15 is 0 Å². The Morgan fingerprint density at radius 3 is 2.29 bits per heavy atom. The van der Waals surface area contributed by atoms with Crippen molar-refractivity contribution in [1.29, 1.82) is 0 Å². The minimum atomic E-state index is -0.353. The van der Waals surface area contributed by atoms with Gasteiger partial charge >= 0.3 is 0 Å². The first-order chi connectivity index (χ1) is 3.27. The topological polar surface area (TPSA) is 9.23 Å². The van der Waals surface area contributed by atoms with E-state index in [1.165, 1.54) is 0 Å². The van der Waals surface area contributed by atoms with Crippen molar-refractivity contribution in [3.05, 3.63) is 0 Å². The molecule has 0 aliphatic heterocycles. The summed E-state index contributed by atoms with van der Waals surface area (Å²) in [7, 11) is 1.05. The SMILES string of the molecule is [SiH3]COCC(Cl)Cl. The lowest BCUT2D eigenvalue weighted by Crippen LogP contribution is -2.02. The number of hydrogen-bond acceptors (Lipinski definition) is 1. The number of ether oxygens (including phenoxy) is 1. The molecule has 0 atom stereocenters. The molecule has 1 nitrogen and oxygen atoms in total. The molecule has 0 saturated heterocycles. The highest BCUT2D eigenvalue weighted by atomic mass is 35.5. The van der Waals surface area contributed by atoms with Gasteiger partial charge in [-0.25, -0.2) is 0 Å². The molecule has 0 aromatic carbocycles. The zero-order valence-corrected chi connectivity index (χ0v) is 7.67. The van der Waals surface area contributed by atoms with Gasteiger partial charge in [-0.1, -0.05) is 0 Å². The van der Waals surface area contributed by atoms with Crippen LogP contribution in [0.4, 0.5) is 0 Å². The quantitative estimate of drug-likeness (QED) is 0.420. The number of hydrogen-bond donors (Lipinski definition) is 0. The average molecular weight is 159 g/mol. The maximum atomic E-state index is 5.31. The first-order valence-electron chi connectivity index (χ1n) is 2.13. The smallest absolute Gasteiger partial charge is 0.131 e. The van der Waals surface area contributed by atoms with E-state index in [0.717, 1.165) is 16.5 Å². The third-order valence-corrected chi connectivity index (χ3v) is 1.11. The van der Waals surface area contributed by atoms with Gasteiger partial charge in [-0.05, 0) is 0 Å². The van der Waals surface area contributed by atoms with Gasteiger partial charge in [0.1, 0.15) is 4.84 Å². The summed E-state index contributed by atoms with van der Waals surface area (Å²) in [5, 5.41) is 0. The van der Waals surface area contributed by atoms with Gasteiger partial charge in [0.25, 0.3) is 0 Å². The Labute approximate surface area is 56.4 Å². The second kappa shape index (κ2) is 4.90. The summed E-state index contributed by atoms with van der Waals surface area (Å²) in [6.07, 6.45) is 0.815. The molecular weight excluding hydrogens is 151 g/mol. The Balaban J connectivity index is 2.68. The Bertz CT molecular complexity index is 41.9. The van der Waals surface area contributed by atoms with Crippen molar-refractivity contribution in [2.24, 2.45) is 0 Å². The maximum absolute atomic E-state index is 5.31. The van der Waals surface area contributed by atoms with Gasteiger partial charge in [-0.15, -0.1) is 23.2 Å². The molecule has 0 amide bonds. The zero-order chi connectivity index (χ0) is 5.70. The highest BCUT2D eigenvalue weighted by Crippen LogP contribution is 1.99. The molecule has 44 valence electrons. The average Bonchev–Trinajstić information content (AvgIpc) is 1.61. The first-order valence-corrected chi connectivity index (χ1v) is 4.42. The van der Waals surface area contributed by atoms with Crippen molar-refractivity contribution in [2.45, 2.75) is 4.84 Å². The van der Waals surface area contributed by atoms with Gasteiger partial charge in [0.15, 0.2) is 0 Å². The fraction of sp³-hybridized carbons (Fsp3) is 1.00. The van der Waals surface area contributed by atoms with Crippen LogP contribution in [0, 0.1) is 0 Å². The largest absolute Gasteiger partial charge is 0.383 e. The van der Waals surface area contributed by atoms with Crippen molar-refractivity contribution in [3.63, 3.8) is 0 Å². The minimum absolute atomic E-state index is 0.353. The van der Waals surface area contributed by atoms with E-state index < -0.39 is 0 Å². The molecule has 0 aliphatic rings. The van der Waals surface area contributed by atoms with E-state index in [4.69, 9.17) is 27.9 Å². The standard InChI is InChI=1S/C3H8Cl2OSi/c4-3(5)1-6-2-7/h3H,1-2H2,7H3. The summed E-state index contributed by atoms with van der Waals surface area (Å²) in [5.74, 6) is 0. The van der Waals surface area contributed by atoms with Crippen molar-refractivity contribution in [1.82, 2.24) is 0 Å². The van der Waals surface area contributed by atoms with Gasteiger partial charge < -0.3 is 4.74 Å². The zero-order valence-electron chi connectivity index (χ0n) is 4.16. The first kappa shape index (κ1) is 7.76. The predicted molar refractivity (Wildman–Crippen MR) is 36.3 cm³/mol. The highest BCUT2D eigenvalue weighted by molar-refractivity contribution is 6.44. The molecule has 0 fully saturated rings. The molecule has 0 bridgehead atoms. The molecule has 0 aliphatic carbocycles. The highest BCUT2D eigenvalue weighted by Gasteiger charge is 1.93. The van der Waals surface area contributed by atoms with E-state index in [1.54, 1.807) is 0 Å². The Kier molecular flexibility index (Phi) is 5.44. The molecule has 0 rings (SSSR count). The Hall–Kier alpha value is 0.757. The molecule has 0 radical (unpaired) electrons. The van der Waals surface area contributed by atoms with Gasteiger partial charge in [-0.3, -0.25) is 0 Å². The summed E-state index contributed by atoms with van der Waals surface area (Å²) >= 11 is 10.6. The predicted octanol–water partition coefficient (Wildman–Crippen LogP) is 0.130. The van der Waals surface area contributed by atoms with Crippen LogP contribution in [-0.4, -0.2) is 27.9 Å². The molecule has 0 unspecified atom stereocenters. The van der Waals surface area contributed by atoms with Crippen molar-refractivity contribution in [2.75, 3.05) is 12.8 Å². The fourth-order valence-electron chi connectivity index (χ4n) is 0.207. The van der Waals surface area contributed by atoms with Crippen molar-refractivity contribution in [3.8, 4) is 0 Å². The number of rotatable bonds is 3. The summed E-state index contributed by atoms with van der Waals surface area (Å²) < 4.78 is 4.89. The van der Waals surface area contributed by atoms with E-state index in [0.29, 0.717) is 6.61 Å². The third kappa shape index (κ3) is 6.76. The molecule has 0 N–H and O–H groups in total. The molecule has 0 spiro atoms. The van der Waals surface area contributed by atoms with Crippen LogP contribution in [0.2, 0.25) is 0 Å². The van der Waals surface area contributed by atoms with Crippen LogP contribution in [0.15, 0.2) is 0 Å². The molecular formula is C3H8Cl2OSi. The fourth-order valence-corrected chi connectivity index (χ4v) is 0.621. The van der Waals surface area contributed by atoms with Gasteiger partial charge in [0, 0.05) is 16.5 Å². The van der Waals surface area contributed by atoms with Gasteiger partial charge in [-0.2, -0.15) is 0 Å². The van der Waals surface area contributed by atoms with Crippen LogP contribution in [0.1, 0.15) is 0 Å². The van der Waals surface area contributed by atoms with Crippen LogP contribution in [-0.2, 0) is 4.74 Å². The minimum Gasteiger partial charge on any atom is -0.383 e. The van der Waals surface area contributed by atoms with E-state index in [-0.39, 0.29) is 4.84 Å². The van der Waals surface area contributed by atoms with E-state index in [2.05, 4.69) is 0 Å². The van der Waals surface area contributed by atoms with Gasteiger partial charge in [0.05, 0.1) is 6.61 Å². The maximum Gasteiger partial charge on any atom is 0.131 e. The van der Waals surface area contributed by atoms with Crippen LogP contribution < -0.4 is 0 Å². The molecule has 0 aromatic heterocycles. The molecule has 4 heteroatoms. The number of alkyl halides is 2. The molecule has 0 heterocycles. The van der Waals surface area contributed by atoms with E-state index in [1.807, 2.05) is 0 Å².